The van der Waals surface area contributed by atoms with Crippen LogP contribution in [-0.2, 0) is 6.42 Å². The predicted molar refractivity (Wildman–Crippen MR) is 96.0 cm³/mol. The van der Waals surface area contributed by atoms with Crippen molar-refractivity contribution in [3.8, 4) is 0 Å². The fourth-order valence-electron chi connectivity index (χ4n) is 2.78. The van der Waals surface area contributed by atoms with Gasteiger partial charge < -0.3 is 10.2 Å². The molecule has 0 bridgehead atoms. The second kappa shape index (κ2) is 7.30. The second-order valence-electron chi connectivity index (χ2n) is 6.26. The number of urea groups is 1. The maximum atomic E-state index is 12.9. The Morgan fingerprint density at radius 2 is 2.17 bits per heavy atom. The van der Waals surface area contributed by atoms with E-state index in [4.69, 9.17) is 0 Å². The van der Waals surface area contributed by atoms with E-state index in [0.717, 1.165) is 30.0 Å². The van der Waals surface area contributed by atoms with Gasteiger partial charge in [-0.05, 0) is 45.2 Å². The van der Waals surface area contributed by atoms with Crippen molar-refractivity contribution in [2.75, 3.05) is 0 Å². The highest BCUT2D eigenvalue weighted by molar-refractivity contribution is 7.11. The topological polar surface area (TPSA) is 58.1 Å². The van der Waals surface area contributed by atoms with E-state index in [2.05, 4.69) is 22.2 Å². The van der Waals surface area contributed by atoms with Gasteiger partial charge >= 0.3 is 6.03 Å². The molecule has 0 radical (unpaired) electrons. The molecule has 1 fully saturated rings. The van der Waals surface area contributed by atoms with Gasteiger partial charge in [-0.1, -0.05) is 13.0 Å². The molecule has 3 rings (SSSR count). The van der Waals surface area contributed by atoms with Crippen molar-refractivity contribution in [2.24, 2.45) is 0 Å². The van der Waals surface area contributed by atoms with Gasteiger partial charge in [0.2, 0.25) is 0 Å². The number of carbonyl (C=O) groups is 1. The Morgan fingerprint density at radius 3 is 2.75 bits per heavy atom. The Hall–Kier alpha value is -1.95. The molecular weight excluding hydrogens is 320 g/mol. The van der Waals surface area contributed by atoms with Gasteiger partial charge in [-0.25, -0.2) is 9.78 Å². The van der Waals surface area contributed by atoms with Crippen LogP contribution < -0.4 is 5.32 Å². The number of amides is 2. The molecule has 1 saturated carbocycles. The van der Waals surface area contributed by atoms with E-state index < -0.39 is 0 Å². The van der Waals surface area contributed by atoms with Crippen LogP contribution >= 0.6 is 11.3 Å². The van der Waals surface area contributed by atoms with E-state index in [0.29, 0.717) is 6.04 Å². The Balaban J connectivity index is 1.70. The fourth-order valence-corrected chi connectivity index (χ4v) is 3.64. The molecule has 1 N–H and O–H groups in total. The van der Waals surface area contributed by atoms with Crippen molar-refractivity contribution in [3.05, 3.63) is 46.2 Å². The Morgan fingerprint density at radius 1 is 1.38 bits per heavy atom. The summed E-state index contributed by atoms with van der Waals surface area (Å²) < 4.78 is 0. The van der Waals surface area contributed by atoms with Crippen LogP contribution in [0.5, 0.6) is 0 Å². The molecule has 5 nitrogen and oxygen atoms in total. The number of aromatic nitrogens is 2. The number of pyridine rings is 1. The average Bonchev–Trinajstić information content (AvgIpc) is 3.30. The minimum atomic E-state index is -0.0833. The molecule has 0 saturated heterocycles. The Labute approximate surface area is 147 Å². The molecule has 24 heavy (non-hydrogen) atoms. The first-order chi connectivity index (χ1) is 11.6. The van der Waals surface area contributed by atoms with Crippen molar-refractivity contribution in [3.63, 3.8) is 0 Å². The number of carbonyl (C=O) groups excluding carboxylic acids is 1. The molecule has 1 aliphatic carbocycles. The van der Waals surface area contributed by atoms with Gasteiger partial charge in [0.15, 0.2) is 0 Å². The summed E-state index contributed by atoms with van der Waals surface area (Å²) in [5, 5.41) is 4.07. The molecule has 2 aromatic rings. The van der Waals surface area contributed by atoms with Gasteiger partial charge in [0.1, 0.15) is 5.01 Å². The lowest BCUT2D eigenvalue weighted by Gasteiger charge is -2.30. The van der Waals surface area contributed by atoms with Crippen LogP contribution in [0.15, 0.2) is 30.6 Å². The summed E-state index contributed by atoms with van der Waals surface area (Å²) in [5.41, 5.74) is 0.926. The Kier molecular flexibility index (Phi) is 5.14. The monoisotopic (exact) mass is 344 g/mol. The van der Waals surface area contributed by atoms with Crippen LogP contribution in [0, 0.1) is 0 Å². The second-order valence-corrected chi connectivity index (χ2v) is 7.41. The molecule has 0 spiro atoms. The number of hydrogen-bond donors (Lipinski definition) is 1. The molecular formula is C18H24N4OS. The van der Waals surface area contributed by atoms with E-state index in [9.17, 15) is 4.79 Å². The summed E-state index contributed by atoms with van der Waals surface area (Å²) in [5.74, 6) is 0. The van der Waals surface area contributed by atoms with E-state index in [1.54, 1.807) is 17.5 Å². The van der Waals surface area contributed by atoms with Crippen LogP contribution in [0.4, 0.5) is 4.79 Å². The predicted octanol–water partition coefficient (Wildman–Crippen LogP) is 4.10. The third-order valence-electron chi connectivity index (χ3n) is 4.34. The maximum Gasteiger partial charge on any atom is 0.318 e. The first-order valence-electron chi connectivity index (χ1n) is 8.54. The molecule has 2 aromatic heterocycles. The molecule has 2 atom stereocenters. The lowest BCUT2D eigenvalue weighted by molar-refractivity contribution is 0.170. The number of nitrogens with one attached hydrogen (secondary N) is 1. The standard InChI is InChI=1S/C18H24N4OS/c1-4-15-11-20-17(24-15)12(2)21-18(23)22(14-8-9-14)13(3)16-7-5-6-10-19-16/h5-7,10-14H,4,8-9H2,1-3H3,(H,21,23). The largest absolute Gasteiger partial charge is 0.329 e. The van der Waals surface area contributed by atoms with Crippen LogP contribution in [0.1, 0.15) is 61.3 Å². The molecule has 6 heteroatoms. The lowest BCUT2D eigenvalue weighted by atomic mass is 10.2. The summed E-state index contributed by atoms with van der Waals surface area (Å²) >= 11 is 1.67. The van der Waals surface area contributed by atoms with Gasteiger partial charge in [0.05, 0.1) is 17.8 Å². The average molecular weight is 344 g/mol. The summed E-state index contributed by atoms with van der Waals surface area (Å²) in [6, 6.07) is 6.01. The first-order valence-corrected chi connectivity index (χ1v) is 9.36. The zero-order valence-electron chi connectivity index (χ0n) is 14.4. The van der Waals surface area contributed by atoms with Gasteiger partial charge in [0, 0.05) is 23.3 Å². The van der Waals surface area contributed by atoms with Crippen LogP contribution in [0.2, 0.25) is 0 Å². The quantitative estimate of drug-likeness (QED) is 0.858. The third kappa shape index (κ3) is 3.75. The summed E-state index contributed by atoms with van der Waals surface area (Å²) in [6.07, 6.45) is 6.78. The van der Waals surface area contributed by atoms with E-state index in [1.807, 2.05) is 43.1 Å². The number of aryl methyl sites for hydroxylation is 1. The van der Waals surface area contributed by atoms with Crippen LogP contribution in [-0.4, -0.2) is 26.9 Å². The van der Waals surface area contributed by atoms with Gasteiger partial charge in [0.25, 0.3) is 0 Å². The van der Waals surface area contributed by atoms with Crippen molar-refractivity contribution in [2.45, 2.75) is 58.2 Å². The Bertz CT molecular complexity index is 683. The zero-order chi connectivity index (χ0) is 17.1. The van der Waals surface area contributed by atoms with E-state index in [-0.39, 0.29) is 18.1 Å². The van der Waals surface area contributed by atoms with Crippen LogP contribution in [0.3, 0.4) is 0 Å². The molecule has 128 valence electrons. The van der Waals surface area contributed by atoms with Crippen molar-refractivity contribution in [1.82, 2.24) is 20.2 Å². The minimum Gasteiger partial charge on any atom is -0.329 e. The normalized spacial score (nSPS) is 16.5. The summed E-state index contributed by atoms with van der Waals surface area (Å²) in [4.78, 5) is 24.9. The van der Waals surface area contributed by atoms with Crippen molar-refractivity contribution < 1.29 is 4.79 Å². The minimum absolute atomic E-state index is 0.0311. The SMILES string of the molecule is CCc1cnc(C(C)NC(=O)N(C2CC2)C(C)c2ccccn2)s1. The lowest BCUT2D eigenvalue weighted by Crippen LogP contribution is -2.43. The smallest absolute Gasteiger partial charge is 0.318 e. The number of rotatable bonds is 6. The van der Waals surface area contributed by atoms with Crippen LogP contribution in [0.25, 0.3) is 0 Å². The van der Waals surface area contributed by atoms with Crippen molar-refractivity contribution in [1.29, 1.82) is 0 Å². The highest BCUT2D eigenvalue weighted by Gasteiger charge is 2.37. The van der Waals surface area contributed by atoms with E-state index in [1.165, 1.54) is 4.88 Å². The zero-order valence-corrected chi connectivity index (χ0v) is 15.2. The number of nitrogens with zero attached hydrogens (tertiary/aromatic N) is 3. The van der Waals surface area contributed by atoms with E-state index >= 15 is 0 Å². The fraction of sp³-hybridized carbons (Fsp3) is 0.500. The highest BCUT2D eigenvalue weighted by atomic mass is 32.1. The van der Waals surface area contributed by atoms with Gasteiger partial charge in [-0.3, -0.25) is 4.98 Å². The highest BCUT2D eigenvalue weighted by Crippen LogP contribution is 2.34. The maximum absolute atomic E-state index is 12.9. The number of thiazole rings is 1. The third-order valence-corrected chi connectivity index (χ3v) is 5.66. The molecule has 2 heterocycles. The van der Waals surface area contributed by atoms with Gasteiger partial charge in [-0.2, -0.15) is 0 Å². The van der Waals surface area contributed by atoms with Gasteiger partial charge in [-0.15, -0.1) is 11.3 Å². The molecule has 2 amide bonds. The summed E-state index contributed by atoms with van der Waals surface area (Å²) in [7, 11) is 0. The molecule has 0 aromatic carbocycles. The molecule has 0 aliphatic heterocycles. The van der Waals surface area contributed by atoms with Crippen molar-refractivity contribution >= 4 is 17.4 Å². The first kappa shape index (κ1) is 16.9. The molecule has 2 unspecified atom stereocenters. The summed E-state index contributed by atoms with van der Waals surface area (Å²) in [6.45, 7) is 6.15. The number of hydrogen-bond acceptors (Lipinski definition) is 4. The molecule has 1 aliphatic rings.